The van der Waals surface area contributed by atoms with Crippen LogP contribution in [0, 0.1) is 19.7 Å². The molecule has 2 aromatic carbocycles. The van der Waals surface area contributed by atoms with Gasteiger partial charge in [-0.1, -0.05) is 33.6 Å². The van der Waals surface area contributed by atoms with Gasteiger partial charge in [-0.05, 0) is 60.4 Å². The lowest BCUT2D eigenvalue weighted by Crippen LogP contribution is -1.99. The Balaban J connectivity index is 2.52. The maximum absolute atomic E-state index is 13.4. The SMILES string of the molecule is Cc1cc(C(Cl)c2cc(F)ccc2Br)c(C)cc1Cl. The van der Waals surface area contributed by atoms with Crippen molar-refractivity contribution in [1.29, 1.82) is 0 Å². The summed E-state index contributed by atoms with van der Waals surface area (Å²) in [4.78, 5) is 0. The van der Waals surface area contributed by atoms with Crippen LogP contribution in [0.2, 0.25) is 5.02 Å². The lowest BCUT2D eigenvalue weighted by molar-refractivity contribution is 0.625. The van der Waals surface area contributed by atoms with Gasteiger partial charge in [0.2, 0.25) is 0 Å². The molecule has 2 aromatic rings. The third-order valence-corrected chi connectivity index (χ3v) is 4.65. The van der Waals surface area contributed by atoms with E-state index < -0.39 is 5.38 Å². The van der Waals surface area contributed by atoms with Crippen molar-refractivity contribution in [1.82, 2.24) is 0 Å². The van der Waals surface area contributed by atoms with E-state index in [-0.39, 0.29) is 5.82 Å². The van der Waals surface area contributed by atoms with Gasteiger partial charge in [0.1, 0.15) is 5.82 Å². The van der Waals surface area contributed by atoms with Gasteiger partial charge >= 0.3 is 0 Å². The first-order valence-corrected chi connectivity index (χ1v) is 7.36. The highest BCUT2D eigenvalue weighted by molar-refractivity contribution is 9.10. The highest BCUT2D eigenvalue weighted by Crippen LogP contribution is 2.37. The molecule has 1 unspecified atom stereocenters. The fraction of sp³-hybridized carbons (Fsp3) is 0.200. The molecule has 0 bridgehead atoms. The Morgan fingerprint density at radius 3 is 2.42 bits per heavy atom. The molecule has 4 heteroatoms. The van der Waals surface area contributed by atoms with Crippen LogP contribution in [0.4, 0.5) is 4.39 Å². The summed E-state index contributed by atoms with van der Waals surface area (Å²) in [6, 6.07) is 8.35. The molecule has 1 atom stereocenters. The van der Waals surface area contributed by atoms with Crippen LogP contribution in [0.5, 0.6) is 0 Å². The molecule has 0 spiro atoms. The Morgan fingerprint density at radius 2 is 1.74 bits per heavy atom. The zero-order valence-electron chi connectivity index (χ0n) is 10.5. The Morgan fingerprint density at radius 1 is 1.05 bits per heavy atom. The van der Waals surface area contributed by atoms with Crippen LogP contribution in [-0.2, 0) is 0 Å². The van der Waals surface area contributed by atoms with E-state index in [0.717, 1.165) is 21.2 Å². The van der Waals surface area contributed by atoms with Crippen molar-refractivity contribution >= 4 is 39.1 Å². The maximum atomic E-state index is 13.4. The van der Waals surface area contributed by atoms with Crippen LogP contribution in [0.3, 0.4) is 0 Å². The number of alkyl halides is 1. The van der Waals surface area contributed by atoms with E-state index in [1.54, 1.807) is 6.07 Å². The first-order valence-electron chi connectivity index (χ1n) is 5.76. The van der Waals surface area contributed by atoms with Gasteiger partial charge in [-0.2, -0.15) is 0 Å². The third kappa shape index (κ3) is 3.13. The van der Waals surface area contributed by atoms with Gasteiger partial charge in [-0.3, -0.25) is 0 Å². The number of benzene rings is 2. The molecule has 2 rings (SSSR count). The Kier molecular flexibility index (Phi) is 4.54. The summed E-state index contributed by atoms with van der Waals surface area (Å²) in [6.45, 7) is 3.87. The van der Waals surface area contributed by atoms with Crippen molar-refractivity contribution in [3.05, 3.63) is 67.9 Å². The van der Waals surface area contributed by atoms with Crippen molar-refractivity contribution in [2.45, 2.75) is 19.2 Å². The molecule has 0 fully saturated rings. The van der Waals surface area contributed by atoms with E-state index in [2.05, 4.69) is 15.9 Å². The average Bonchev–Trinajstić information content (AvgIpc) is 2.36. The van der Waals surface area contributed by atoms with Crippen molar-refractivity contribution in [2.75, 3.05) is 0 Å². The lowest BCUT2D eigenvalue weighted by atomic mass is 9.98. The normalized spacial score (nSPS) is 12.5. The molecule has 0 amide bonds. The summed E-state index contributed by atoms with van der Waals surface area (Å²) < 4.78 is 14.2. The van der Waals surface area contributed by atoms with Crippen molar-refractivity contribution < 1.29 is 4.39 Å². The number of rotatable bonds is 2. The molecule has 0 aliphatic rings. The molecule has 0 saturated heterocycles. The van der Waals surface area contributed by atoms with Gasteiger partial charge in [0.05, 0.1) is 5.38 Å². The van der Waals surface area contributed by atoms with Gasteiger partial charge in [-0.15, -0.1) is 11.6 Å². The van der Waals surface area contributed by atoms with Gasteiger partial charge in [0.15, 0.2) is 0 Å². The van der Waals surface area contributed by atoms with Gasteiger partial charge < -0.3 is 0 Å². The summed E-state index contributed by atoms with van der Waals surface area (Å²) in [5.41, 5.74) is 3.61. The predicted octanol–water partition coefficient (Wildman–Crippen LogP) is 6.19. The highest BCUT2D eigenvalue weighted by Gasteiger charge is 2.17. The molecular weight excluding hydrogens is 350 g/mol. The van der Waals surface area contributed by atoms with Crippen LogP contribution >= 0.6 is 39.1 Å². The second-order valence-corrected chi connectivity index (χ2v) is 6.18. The molecule has 0 aromatic heterocycles. The van der Waals surface area contributed by atoms with Gasteiger partial charge in [0, 0.05) is 9.50 Å². The summed E-state index contributed by atoms with van der Waals surface area (Å²) in [7, 11) is 0. The largest absolute Gasteiger partial charge is 0.207 e. The molecule has 0 aliphatic carbocycles. The summed E-state index contributed by atoms with van der Waals surface area (Å²) in [5.74, 6) is -0.299. The molecule has 100 valence electrons. The minimum Gasteiger partial charge on any atom is -0.207 e. The number of aryl methyl sites for hydroxylation is 2. The molecular formula is C15H12BrCl2F. The fourth-order valence-corrected chi connectivity index (χ4v) is 3.19. The molecule has 0 nitrogen and oxygen atoms in total. The fourth-order valence-electron chi connectivity index (χ4n) is 1.95. The first-order chi connectivity index (χ1) is 8.90. The van der Waals surface area contributed by atoms with Crippen LogP contribution in [-0.4, -0.2) is 0 Å². The van der Waals surface area contributed by atoms with Crippen LogP contribution < -0.4 is 0 Å². The zero-order chi connectivity index (χ0) is 14.2. The van der Waals surface area contributed by atoms with E-state index in [9.17, 15) is 4.39 Å². The molecule has 0 aliphatic heterocycles. The highest BCUT2D eigenvalue weighted by atomic mass is 79.9. The van der Waals surface area contributed by atoms with Gasteiger partial charge in [-0.25, -0.2) is 4.39 Å². The first kappa shape index (κ1) is 14.8. The van der Waals surface area contributed by atoms with E-state index in [1.807, 2.05) is 26.0 Å². The van der Waals surface area contributed by atoms with Crippen LogP contribution in [0.15, 0.2) is 34.8 Å². The standard InChI is InChI=1S/C15H12BrCl2F/c1-8-6-14(17)9(2)5-11(8)15(18)12-7-10(19)3-4-13(12)16/h3-7,15H,1-2H3. The zero-order valence-corrected chi connectivity index (χ0v) is 13.6. The van der Waals surface area contributed by atoms with Crippen molar-refractivity contribution in [3.63, 3.8) is 0 Å². The smallest absolute Gasteiger partial charge is 0.123 e. The topological polar surface area (TPSA) is 0 Å². The van der Waals surface area contributed by atoms with E-state index >= 15 is 0 Å². The van der Waals surface area contributed by atoms with E-state index in [4.69, 9.17) is 23.2 Å². The summed E-state index contributed by atoms with van der Waals surface area (Å²) >= 11 is 16.0. The average molecular weight is 362 g/mol. The molecule has 0 radical (unpaired) electrons. The minimum absolute atomic E-state index is 0.299. The maximum Gasteiger partial charge on any atom is 0.123 e. The van der Waals surface area contributed by atoms with Gasteiger partial charge in [0.25, 0.3) is 0 Å². The molecule has 0 saturated carbocycles. The minimum atomic E-state index is -0.416. The second kappa shape index (κ2) is 5.82. The van der Waals surface area contributed by atoms with Crippen molar-refractivity contribution in [3.8, 4) is 0 Å². The van der Waals surface area contributed by atoms with Crippen LogP contribution in [0.25, 0.3) is 0 Å². The summed E-state index contributed by atoms with van der Waals surface area (Å²) in [6.07, 6.45) is 0. The number of halogens is 4. The predicted molar refractivity (Wildman–Crippen MR) is 82.7 cm³/mol. The lowest BCUT2D eigenvalue weighted by Gasteiger charge is -2.16. The van der Waals surface area contributed by atoms with Crippen LogP contribution in [0.1, 0.15) is 27.6 Å². The monoisotopic (exact) mass is 360 g/mol. The quantitative estimate of drug-likeness (QED) is 0.559. The van der Waals surface area contributed by atoms with E-state index in [1.165, 1.54) is 12.1 Å². The number of hydrogen-bond donors (Lipinski definition) is 0. The Hall–Kier alpha value is -0.570. The second-order valence-electron chi connectivity index (χ2n) is 4.49. The number of hydrogen-bond acceptors (Lipinski definition) is 0. The summed E-state index contributed by atoms with van der Waals surface area (Å²) in [5, 5.41) is 0.296. The third-order valence-electron chi connectivity index (χ3n) is 3.05. The van der Waals surface area contributed by atoms with Crippen molar-refractivity contribution in [2.24, 2.45) is 0 Å². The molecule has 19 heavy (non-hydrogen) atoms. The Labute approximate surface area is 130 Å². The van der Waals surface area contributed by atoms with E-state index in [0.29, 0.717) is 10.6 Å². The Bertz CT molecular complexity index is 626. The molecule has 0 N–H and O–H groups in total. The molecule has 0 heterocycles.